The Hall–Kier alpha value is -4.19. The molecule has 0 aliphatic rings. The number of allylic oxidation sites excluding steroid dienone is 19. The van der Waals surface area contributed by atoms with Crippen LogP contribution in [-0.4, -0.2) is 37.2 Å². The second-order valence-corrected chi connectivity index (χ2v) is 17.4. The maximum Gasteiger partial charge on any atom is 0.309 e. The Kier molecular flexibility index (Phi) is 51.0. The fourth-order valence-electron chi connectivity index (χ4n) is 6.97. The van der Waals surface area contributed by atoms with Crippen LogP contribution in [-0.2, 0) is 28.6 Å². The molecule has 0 amide bonds. The van der Waals surface area contributed by atoms with Gasteiger partial charge in [0.25, 0.3) is 0 Å². The molecule has 0 radical (unpaired) electrons. The second kappa shape index (κ2) is 54.4. The minimum atomic E-state index is -0.830. The Morgan fingerprint density at radius 2 is 0.642 bits per heavy atom. The van der Waals surface area contributed by atoms with Gasteiger partial charge in [-0.15, -0.1) is 0 Å². The van der Waals surface area contributed by atoms with Gasteiger partial charge in [0.15, 0.2) is 6.10 Å². The van der Waals surface area contributed by atoms with E-state index in [2.05, 4.69) is 130 Å². The van der Waals surface area contributed by atoms with Crippen LogP contribution in [0.1, 0.15) is 226 Å². The first kappa shape index (κ1) is 62.8. The molecule has 0 rings (SSSR count). The van der Waals surface area contributed by atoms with Gasteiger partial charge < -0.3 is 14.2 Å². The first-order chi connectivity index (χ1) is 33.0. The Morgan fingerprint density at radius 3 is 1.04 bits per heavy atom. The number of carbonyl (C=O) groups excluding carboxylic acids is 3. The average Bonchev–Trinajstić information content (AvgIpc) is 3.33. The highest BCUT2D eigenvalue weighted by molar-refractivity contribution is 5.72. The Bertz CT molecular complexity index is 1440. The van der Waals surface area contributed by atoms with E-state index < -0.39 is 12.1 Å². The normalized spacial score (nSPS) is 13.1. The summed E-state index contributed by atoms with van der Waals surface area (Å²) in [6, 6.07) is 0. The number of ether oxygens (including phenoxy) is 3. The molecule has 0 bridgehead atoms. The van der Waals surface area contributed by atoms with Gasteiger partial charge in [-0.05, 0) is 109 Å². The molecule has 6 heteroatoms. The molecule has 0 aromatic carbocycles. The van der Waals surface area contributed by atoms with Crippen LogP contribution in [0.5, 0.6) is 0 Å². The molecule has 1 atom stereocenters. The molecule has 0 spiro atoms. The summed E-state index contributed by atoms with van der Waals surface area (Å²) in [7, 11) is 0. The fraction of sp³-hybridized carbons (Fsp3) is 0.623. The third-order valence-electron chi connectivity index (χ3n) is 11.0. The summed E-state index contributed by atoms with van der Waals surface area (Å²) < 4.78 is 16.7. The summed E-state index contributed by atoms with van der Waals surface area (Å²) >= 11 is 0. The highest BCUT2D eigenvalue weighted by atomic mass is 16.6. The molecule has 0 saturated carbocycles. The zero-order valence-electron chi connectivity index (χ0n) is 43.1. The molecule has 0 aromatic rings. The lowest BCUT2D eigenvalue weighted by molar-refractivity contribution is -0.166. The maximum absolute atomic E-state index is 12.8. The van der Waals surface area contributed by atoms with Crippen molar-refractivity contribution in [2.24, 2.45) is 0 Å². The Labute approximate surface area is 412 Å². The van der Waals surface area contributed by atoms with E-state index in [0.717, 1.165) is 109 Å². The SMILES string of the molecule is CC/C=C\C/C=C\C/C=C\C/C=C\C/C=C\CC(=O)OCC(COC(=O)CCCCCCCCC/C=C\C/C=C\C/C=C\CC)OC(=O)CCCCCCCCC/C=C\C/C=C\CCCCC. The number of hydrogen-bond donors (Lipinski definition) is 0. The van der Waals surface area contributed by atoms with E-state index in [1.807, 2.05) is 6.08 Å². The number of esters is 3. The van der Waals surface area contributed by atoms with Gasteiger partial charge in [-0.25, -0.2) is 0 Å². The Morgan fingerprint density at radius 1 is 0.328 bits per heavy atom. The van der Waals surface area contributed by atoms with Gasteiger partial charge in [0.1, 0.15) is 13.2 Å². The summed E-state index contributed by atoms with van der Waals surface area (Å²) in [5.41, 5.74) is 0. The monoisotopic (exact) mass is 927 g/mol. The van der Waals surface area contributed by atoms with Crippen molar-refractivity contribution < 1.29 is 28.6 Å². The van der Waals surface area contributed by atoms with Gasteiger partial charge in [0.05, 0.1) is 6.42 Å². The van der Waals surface area contributed by atoms with Crippen LogP contribution in [0.3, 0.4) is 0 Å². The van der Waals surface area contributed by atoms with Crippen LogP contribution in [0.15, 0.2) is 122 Å². The van der Waals surface area contributed by atoms with E-state index in [4.69, 9.17) is 14.2 Å². The van der Waals surface area contributed by atoms with E-state index in [-0.39, 0.29) is 31.6 Å². The topological polar surface area (TPSA) is 78.9 Å². The second-order valence-electron chi connectivity index (χ2n) is 17.4. The standard InChI is InChI=1S/C61H98O6/c1-4-7-10-13-16-19-22-25-28-30-33-36-39-42-45-48-51-54-60(63)66-57-58(56-65-59(62)53-50-47-44-41-38-35-32-27-24-21-18-15-12-9-6-3)67-61(64)55-52-49-46-43-40-37-34-31-29-26-23-20-17-14-11-8-5-2/h7,9-10,12,16-21,25-29,32,38,41,47,50,58H,4-6,8,11,13-15,22-24,30-31,33-37,39-40,42-46,48-49,51-57H2,1-3H3/b10-7-,12-9-,19-16-,20-17-,21-18-,28-25-,29-26-,32-27-,41-38-,50-47-. The van der Waals surface area contributed by atoms with Crippen LogP contribution in [0.25, 0.3) is 0 Å². The van der Waals surface area contributed by atoms with Crippen molar-refractivity contribution in [1.82, 2.24) is 0 Å². The van der Waals surface area contributed by atoms with Gasteiger partial charge >= 0.3 is 17.9 Å². The van der Waals surface area contributed by atoms with Crippen molar-refractivity contribution in [2.45, 2.75) is 232 Å². The predicted octanol–water partition coefficient (Wildman–Crippen LogP) is 18.1. The number of carbonyl (C=O) groups is 3. The largest absolute Gasteiger partial charge is 0.462 e. The van der Waals surface area contributed by atoms with E-state index >= 15 is 0 Å². The van der Waals surface area contributed by atoms with Gasteiger partial charge in [0, 0.05) is 12.8 Å². The van der Waals surface area contributed by atoms with E-state index in [1.54, 1.807) is 6.08 Å². The molecule has 1 unspecified atom stereocenters. The molecule has 0 N–H and O–H groups in total. The first-order valence-electron chi connectivity index (χ1n) is 27.0. The lowest BCUT2D eigenvalue weighted by atomic mass is 10.1. The zero-order chi connectivity index (χ0) is 48.6. The Balaban J connectivity index is 4.54. The van der Waals surface area contributed by atoms with Crippen molar-refractivity contribution in [3.05, 3.63) is 122 Å². The molecule has 0 saturated heterocycles. The molecule has 0 aromatic heterocycles. The minimum absolute atomic E-state index is 0.119. The maximum atomic E-state index is 12.8. The number of unbranched alkanes of at least 4 members (excludes halogenated alkanes) is 17. The lowest BCUT2D eigenvalue weighted by Gasteiger charge is -2.18. The van der Waals surface area contributed by atoms with E-state index in [1.165, 1.54) is 77.0 Å². The van der Waals surface area contributed by atoms with Crippen LogP contribution >= 0.6 is 0 Å². The third kappa shape index (κ3) is 52.6. The summed E-state index contributed by atoms with van der Waals surface area (Å²) in [5, 5.41) is 0. The minimum Gasteiger partial charge on any atom is -0.462 e. The highest BCUT2D eigenvalue weighted by Crippen LogP contribution is 2.13. The molecule has 67 heavy (non-hydrogen) atoms. The summed E-state index contributed by atoms with van der Waals surface area (Å²) in [6.07, 6.45) is 74.9. The van der Waals surface area contributed by atoms with Crippen molar-refractivity contribution in [1.29, 1.82) is 0 Å². The molecule has 0 heterocycles. The molecular weight excluding hydrogens is 829 g/mol. The average molecular weight is 927 g/mol. The van der Waals surface area contributed by atoms with Gasteiger partial charge in [-0.1, -0.05) is 219 Å². The smallest absolute Gasteiger partial charge is 0.309 e. The quantitative estimate of drug-likeness (QED) is 0.0262. The summed E-state index contributed by atoms with van der Waals surface area (Å²) in [6.45, 7) is 6.28. The number of hydrogen-bond acceptors (Lipinski definition) is 6. The molecule has 0 aliphatic heterocycles. The van der Waals surface area contributed by atoms with Gasteiger partial charge in [-0.2, -0.15) is 0 Å². The zero-order valence-corrected chi connectivity index (χ0v) is 43.1. The van der Waals surface area contributed by atoms with Crippen LogP contribution in [0, 0.1) is 0 Å². The highest BCUT2D eigenvalue weighted by Gasteiger charge is 2.19. The van der Waals surface area contributed by atoms with E-state index in [0.29, 0.717) is 12.8 Å². The van der Waals surface area contributed by atoms with Gasteiger partial charge in [0.2, 0.25) is 0 Å². The summed E-state index contributed by atoms with van der Waals surface area (Å²) in [5.74, 6) is -1.08. The predicted molar refractivity (Wildman–Crippen MR) is 288 cm³/mol. The van der Waals surface area contributed by atoms with Gasteiger partial charge in [-0.3, -0.25) is 14.4 Å². The summed E-state index contributed by atoms with van der Waals surface area (Å²) in [4.78, 5) is 38.0. The molecule has 0 fully saturated rings. The first-order valence-corrected chi connectivity index (χ1v) is 27.0. The van der Waals surface area contributed by atoms with Crippen molar-refractivity contribution in [3.63, 3.8) is 0 Å². The number of rotatable bonds is 47. The molecule has 6 nitrogen and oxygen atoms in total. The molecule has 378 valence electrons. The van der Waals surface area contributed by atoms with Crippen LogP contribution in [0.2, 0.25) is 0 Å². The van der Waals surface area contributed by atoms with Crippen molar-refractivity contribution in [2.75, 3.05) is 13.2 Å². The lowest BCUT2D eigenvalue weighted by Crippen LogP contribution is -2.30. The van der Waals surface area contributed by atoms with Crippen molar-refractivity contribution in [3.8, 4) is 0 Å². The third-order valence-corrected chi connectivity index (χ3v) is 11.0. The van der Waals surface area contributed by atoms with Crippen LogP contribution < -0.4 is 0 Å². The van der Waals surface area contributed by atoms with Crippen LogP contribution in [0.4, 0.5) is 0 Å². The van der Waals surface area contributed by atoms with E-state index in [9.17, 15) is 14.4 Å². The fourth-order valence-corrected chi connectivity index (χ4v) is 6.97. The molecule has 0 aliphatic carbocycles. The van der Waals surface area contributed by atoms with Crippen molar-refractivity contribution >= 4 is 17.9 Å². The molecular formula is C61H98O6.